The van der Waals surface area contributed by atoms with Gasteiger partial charge in [0.25, 0.3) is 0 Å². The molecule has 0 unspecified atom stereocenters. The van der Waals surface area contributed by atoms with Gasteiger partial charge in [-0.05, 0) is 42.0 Å². The Bertz CT molecular complexity index is 756. The summed E-state index contributed by atoms with van der Waals surface area (Å²) >= 11 is 0. The van der Waals surface area contributed by atoms with E-state index in [0.717, 1.165) is 11.3 Å². The molecule has 0 aliphatic heterocycles. The van der Waals surface area contributed by atoms with Crippen molar-refractivity contribution in [3.63, 3.8) is 0 Å². The second-order valence-electron chi connectivity index (χ2n) is 4.45. The van der Waals surface area contributed by atoms with Crippen molar-refractivity contribution in [2.75, 3.05) is 0 Å². The first-order valence-corrected chi connectivity index (χ1v) is 6.63. The van der Waals surface area contributed by atoms with Gasteiger partial charge in [0.15, 0.2) is 0 Å². The molecule has 0 spiro atoms. The molecule has 0 fully saturated rings. The molecule has 0 atom stereocenters. The second kappa shape index (κ2) is 6.58. The molecule has 0 saturated heterocycles. The Kier molecular flexibility index (Phi) is 4.15. The molecule has 0 aliphatic carbocycles. The number of hydrogen-bond donors (Lipinski definition) is 0. The highest BCUT2D eigenvalue weighted by molar-refractivity contribution is 5.67. The molecular weight excluding hydrogens is 281 g/mol. The maximum atomic E-state index is 12.8. The lowest BCUT2D eigenvalue weighted by Gasteiger charge is -2.04. The molecule has 0 aliphatic rings. The van der Waals surface area contributed by atoms with Crippen molar-refractivity contribution >= 4 is 12.2 Å². The van der Waals surface area contributed by atoms with Gasteiger partial charge in [-0.3, -0.25) is 9.97 Å². The van der Waals surface area contributed by atoms with Gasteiger partial charge in [-0.1, -0.05) is 6.08 Å². The molecular formula is C17H12FN3O. The van der Waals surface area contributed by atoms with Crippen LogP contribution in [0.5, 0.6) is 11.6 Å². The molecule has 3 aromatic rings. The number of rotatable bonds is 4. The Labute approximate surface area is 127 Å². The lowest BCUT2D eigenvalue weighted by molar-refractivity contribution is 0.461. The molecule has 0 amide bonds. The summed E-state index contributed by atoms with van der Waals surface area (Å²) in [5, 5.41) is 0. The van der Waals surface area contributed by atoms with Gasteiger partial charge in [0.1, 0.15) is 11.6 Å². The van der Waals surface area contributed by atoms with Gasteiger partial charge in [0.05, 0.1) is 11.9 Å². The largest absolute Gasteiger partial charge is 0.439 e. The zero-order valence-corrected chi connectivity index (χ0v) is 11.6. The maximum absolute atomic E-state index is 12.8. The Morgan fingerprint density at radius 1 is 0.864 bits per heavy atom. The van der Waals surface area contributed by atoms with Gasteiger partial charge in [-0.2, -0.15) is 0 Å². The van der Waals surface area contributed by atoms with E-state index < -0.39 is 0 Å². The van der Waals surface area contributed by atoms with E-state index in [1.807, 2.05) is 18.2 Å². The quantitative estimate of drug-likeness (QED) is 0.730. The monoisotopic (exact) mass is 293 g/mol. The SMILES string of the molecule is Fc1ccc(Oc2ccc(/C=C/c3cnccn3)cn2)cc1. The first-order chi connectivity index (χ1) is 10.8. The normalized spacial score (nSPS) is 10.8. The lowest BCUT2D eigenvalue weighted by atomic mass is 10.2. The van der Waals surface area contributed by atoms with Crippen molar-refractivity contribution in [2.45, 2.75) is 0 Å². The third-order valence-electron chi connectivity index (χ3n) is 2.82. The summed E-state index contributed by atoms with van der Waals surface area (Å²) in [7, 11) is 0. The van der Waals surface area contributed by atoms with Crippen molar-refractivity contribution in [3.05, 3.63) is 78.3 Å². The van der Waals surface area contributed by atoms with Crippen LogP contribution in [-0.4, -0.2) is 15.0 Å². The molecule has 2 aromatic heterocycles. The predicted octanol–water partition coefficient (Wildman–Crippen LogP) is 3.97. The van der Waals surface area contributed by atoms with Crippen LogP contribution in [0.3, 0.4) is 0 Å². The molecule has 5 heteroatoms. The Morgan fingerprint density at radius 2 is 1.73 bits per heavy atom. The fourth-order valence-electron chi connectivity index (χ4n) is 1.75. The van der Waals surface area contributed by atoms with Crippen LogP contribution in [0.15, 0.2) is 61.2 Å². The number of aromatic nitrogens is 3. The average molecular weight is 293 g/mol. The summed E-state index contributed by atoms with van der Waals surface area (Å²) in [6.45, 7) is 0. The van der Waals surface area contributed by atoms with Crippen LogP contribution in [0.2, 0.25) is 0 Å². The van der Waals surface area contributed by atoms with Gasteiger partial charge in [-0.25, -0.2) is 9.37 Å². The average Bonchev–Trinajstić information content (AvgIpc) is 2.57. The van der Waals surface area contributed by atoms with Crippen LogP contribution in [0.25, 0.3) is 12.2 Å². The minimum atomic E-state index is -0.301. The highest BCUT2D eigenvalue weighted by Crippen LogP contribution is 2.19. The van der Waals surface area contributed by atoms with Crippen LogP contribution in [0.4, 0.5) is 4.39 Å². The smallest absolute Gasteiger partial charge is 0.219 e. The summed E-state index contributed by atoms with van der Waals surface area (Å²) in [6.07, 6.45) is 10.4. The first kappa shape index (κ1) is 13.9. The van der Waals surface area contributed by atoms with E-state index in [1.165, 1.54) is 12.1 Å². The zero-order chi connectivity index (χ0) is 15.2. The molecule has 1 aromatic carbocycles. The van der Waals surface area contributed by atoms with Crippen LogP contribution >= 0.6 is 0 Å². The standard InChI is InChI=1S/C17H12FN3O/c18-14-3-6-16(7-4-14)22-17-8-2-13(11-21-17)1-5-15-12-19-9-10-20-15/h1-12H/b5-1+. The van der Waals surface area contributed by atoms with E-state index in [1.54, 1.807) is 43.0 Å². The summed E-state index contributed by atoms with van der Waals surface area (Å²) in [6, 6.07) is 9.41. The molecule has 0 N–H and O–H groups in total. The van der Waals surface area contributed by atoms with E-state index in [4.69, 9.17) is 4.74 Å². The van der Waals surface area contributed by atoms with Crippen molar-refractivity contribution in [2.24, 2.45) is 0 Å². The lowest BCUT2D eigenvalue weighted by Crippen LogP contribution is -1.88. The van der Waals surface area contributed by atoms with Crippen molar-refractivity contribution in [1.82, 2.24) is 15.0 Å². The van der Waals surface area contributed by atoms with E-state index in [9.17, 15) is 4.39 Å². The summed E-state index contributed by atoms with van der Waals surface area (Å²) in [4.78, 5) is 12.3. The van der Waals surface area contributed by atoms with Crippen LogP contribution in [0.1, 0.15) is 11.3 Å². The van der Waals surface area contributed by atoms with Gasteiger partial charge < -0.3 is 4.74 Å². The molecule has 2 heterocycles. The number of hydrogen-bond acceptors (Lipinski definition) is 4. The molecule has 108 valence electrons. The van der Waals surface area contributed by atoms with Gasteiger partial charge in [-0.15, -0.1) is 0 Å². The van der Waals surface area contributed by atoms with E-state index >= 15 is 0 Å². The second-order valence-corrected chi connectivity index (χ2v) is 4.45. The highest BCUT2D eigenvalue weighted by Gasteiger charge is 1.99. The Balaban J connectivity index is 1.67. The van der Waals surface area contributed by atoms with E-state index in [-0.39, 0.29) is 5.82 Å². The fraction of sp³-hybridized carbons (Fsp3) is 0. The van der Waals surface area contributed by atoms with Crippen molar-refractivity contribution in [1.29, 1.82) is 0 Å². The minimum Gasteiger partial charge on any atom is -0.439 e. The molecule has 3 rings (SSSR count). The van der Waals surface area contributed by atoms with Gasteiger partial charge >= 0.3 is 0 Å². The third kappa shape index (κ3) is 3.73. The Hall–Kier alpha value is -3.08. The fourth-order valence-corrected chi connectivity index (χ4v) is 1.75. The van der Waals surface area contributed by atoms with Crippen LogP contribution in [-0.2, 0) is 0 Å². The summed E-state index contributed by atoms with van der Waals surface area (Å²) < 4.78 is 18.3. The summed E-state index contributed by atoms with van der Waals surface area (Å²) in [5.74, 6) is 0.685. The van der Waals surface area contributed by atoms with Crippen LogP contribution in [0, 0.1) is 5.82 Å². The number of nitrogens with zero attached hydrogens (tertiary/aromatic N) is 3. The predicted molar refractivity (Wildman–Crippen MR) is 81.7 cm³/mol. The van der Waals surface area contributed by atoms with Gasteiger partial charge in [0, 0.05) is 24.7 Å². The maximum Gasteiger partial charge on any atom is 0.219 e. The number of halogens is 1. The summed E-state index contributed by atoms with van der Waals surface area (Å²) in [5.41, 5.74) is 1.69. The molecule has 4 nitrogen and oxygen atoms in total. The van der Waals surface area contributed by atoms with E-state index in [2.05, 4.69) is 15.0 Å². The zero-order valence-electron chi connectivity index (χ0n) is 11.6. The van der Waals surface area contributed by atoms with Gasteiger partial charge in [0.2, 0.25) is 5.88 Å². The first-order valence-electron chi connectivity index (χ1n) is 6.63. The van der Waals surface area contributed by atoms with Crippen molar-refractivity contribution < 1.29 is 9.13 Å². The number of benzene rings is 1. The molecule has 0 saturated carbocycles. The molecule has 0 radical (unpaired) electrons. The molecule has 0 bridgehead atoms. The minimum absolute atomic E-state index is 0.301. The third-order valence-corrected chi connectivity index (χ3v) is 2.82. The van der Waals surface area contributed by atoms with Crippen LogP contribution < -0.4 is 4.74 Å². The molecule has 22 heavy (non-hydrogen) atoms. The van der Waals surface area contributed by atoms with E-state index in [0.29, 0.717) is 11.6 Å². The number of ether oxygens (including phenoxy) is 1. The Morgan fingerprint density at radius 3 is 2.41 bits per heavy atom. The number of pyridine rings is 1. The van der Waals surface area contributed by atoms with Crippen molar-refractivity contribution in [3.8, 4) is 11.6 Å². The topological polar surface area (TPSA) is 47.9 Å². The highest BCUT2D eigenvalue weighted by atomic mass is 19.1.